The zero-order valence-corrected chi connectivity index (χ0v) is 12.1. The van der Waals surface area contributed by atoms with Crippen molar-refractivity contribution in [3.8, 4) is 0 Å². The normalized spacial score (nSPS) is 16.3. The first-order valence-electron chi connectivity index (χ1n) is 6.41. The minimum absolute atomic E-state index is 0.0147. The molecule has 7 nitrogen and oxygen atoms in total. The van der Waals surface area contributed by atoms with Crippen molar-refractivity contribution in [3.63, 3.8) is 0 Å². The number of carboxylic acids is 1. The maximum atomic E-state index is 11.0. The molecule has 1 aromatic heterocycles. The molecule has 7 heteroatoms. The van der Waals surface area contributed by atoms with Crippen molar-refractivity contribution in [3.05, 3.63) is 5.82 Å². The van der Waals surface area contributed by atoms with Crippen LogP contribution in [-0.2, 0) is 15.1 Å². The zero-order valence-electron chi connectivity index (χ0n) is 12.1. The fourth-order valence-corrected chi connectivity index (χ4v) is 1.94. The number of tetrazole rings is 1. The highest BCUT2D eigenvalue weighted by Gasteiger charge is 2.34. The van der Waals surface area contributed by atoms with Crippen LogP contribution in [0.1, 0.15) is 52.4 Å². The van der Waals surface area contributed by atoms with Gasteiger partial charge in [0.1, 0.15) is 5.60 Å². The van der Waals surface area contributed by atoms with E-state index in [0.29, 0.717) is 12.2 Å². The molecule has 0 amide bonds. The van der Waals surface area contributed by atoms with Gasteiger partial charge in [-0.25, -0.2) is 4.68 Å². The molecule has 0 aliphatic heterocycles. The molecule has 0 fully saturated rings. The van der Waals surface area contributed by atoms with Crippen molar-refractivity contribution in [2.75, 3.05) is 7.11 Å². The third kappa shape index (κ3) is 3.28. The van der Waals surface area contributed by atoms with Crippen molar-refractivity contribution < 1.29 is 14.6 Å². The Morgan fingerprint density at radius 3 is 2.58 bits per heavy atom. The molecule has 0 aliphatic rings. The third-order valence-corrected chi connectivity index (χ3v) is 3.56. The fraction of sp³-hybridized carbons (Fsp3) is 0.833. The largest absolute Gasteiger partial charge is 0.481 e. The maximum absolute atomic E-state index is 11.0. The molecule has 1 aromatic rings. The average Bonchev–Trinajstić information content (AvgIpc) is 2.83. The number of nitrogens with zero attached hydrogens (tertiary/aromatic N) is 4. The number of aromatic nitrogens is 4. The maximum Gasteiger partial charge on any atom is 0.305 e. The number of hydrogen-bond acceptors (Lipinski definition) is 5. The number of rotatable bonds is 7. The minimum atomic E-state index is -0.865. The van der Waals surface area contributed by atoms with Gasteiger partial charge in [-0.3, -0.25) is 4.79 Å². The number of methoxy groups -OCH3 is 1. The first-order valence-corrected chi connectivity index (χ1v) is 6.41. The van der Waals surface area contributed by atoms with E-state index in [1.165, 1.54) is 0 Å². The monoisotopic (exact) mass is 270 g/mol. The molecule has 2 unspecified atom stereocenters. The fourth-order valence-electron chi connectivity index (χ4n) is 1.94. The summed E-state index contributed by atoms with van der Waals surface area (Å²) in [6, 6.07) is -0.288. The van der Waals surface area contributed by atoms with Crippen LogP contribution in [0.2, 0.25) is 0 Å². The summed E-state index contributed by atoms with van der Waals surface area (Å²) >= 11 is 0. The Kier molecular flexibility index (Phi) is 4.99. The zero-order chi connectivity index (χ0) is 14.6. The molecule has 0 saturated carbocycles. The Morgan fingerprint density at radius 1 is 1.53 bits per heavy atom. The molecule has 1 N–H and O–H groups in total. The van der Waals surface area contributed by atoms with Gasteiger partial charge in [0.25, 0.3) is 0 Å². The summed E-state index contributed by atoms with van der Waals surface area (Å²) < 4.78 is 7.09. The third-order valence-electron chi connectivity index (χ3n) is 3.56. The highest BCUT2D eigenvalue weighted by molar-refractivity contribution is 5.67. The molecule has 1 heterocycles. The second kappa shape index (κ2) is 6.10. The molecular weight excluding hydrogens is 248 g/mol. The molecule has 108 valence electrons. The van der Waals surface area contributed by atoms with E-state index in [0.717, 1.165) is 0 Å². The summed E-state index contributed by atoms with van der Waals surface area (Å²) in [5.74, 6) is -0.190. The van der Waals surface area contributed by atoms with E-state index in [1.54, 1.807) is 11.8 Å². The lowest BCUT2D eigenvalue weighted by molar-refractivity contribution is -0.138. The van der Waals surface area contributed by atoms with Crippen LogP contribution in [0.25, 0.3) is 0 Å². The lowest BCUT2D eigenvalue weighted by Gasteiger charge is -2.28. The van der Waals surface area contributed by atoms with Crippen molar-refractivity contribution in [1.82, 2.24) is 20.2 Å². The number of aliphatic carboxylic acids is 1. The Morgan fingerprint density at radius 2 is 2.16 bits per heavy atom. The van der Waals surface area contributed by atoms with Gasteiger partial charge < -0.3 is 9.84 Å². The predicted molar refractivity (Wildman–Crippen MR) is 68.6 cm³/mol. The Bertz CT molecular complexity index is 426. The number of carboxylic acid groups (broad SMARTS) is 1. The second-order valence-electron chi connectivity index (χ2n) is 5.14. The van der Waals surface area contributed by atoms with E-state index in [-0.39, 0.29) is 18.4 Å². The predicted octanol–water partition coefficient (Wildman–Crippen LogP) is 1.62. The molecule has 0 aliphatic carbocycles. The summed E-state index contributed by atoms with van der Waals surface area (Å²) in [5.41, 5.74) is -0.616. The van der Waals surface area contributed by atoms with Gasteiger partial charge in [-0.2, -0.15) is 0 Å². The van der Waals surface area contributed by atoms with Crippen LogP contribution >= 0.6 is 0 Å². The van der Waals surface area contributed by atoms with E-state index in [1.807, 2.05) is 27.7 Å². The van der Waals surface area contributed by atoms with Gasteiger partial charge in [0, 0.05) is 7.11 Å². The lowest BCUT2D eigenvalue weighted by Crippen LogP contribution is -2.32. The van der Waals surface area contributed by atoms with Crippen LogP contribution in [0, 0.1) is 5.92 Å². The summed E-state index contributed by atoms with van der Waals surface area (Å²) in [6.07, 6.45) is 0.682. The van der Waals surface area contributed by atoms with Crippen LogP contribution in [0.5, 0.6) is 0 Å². The SMILES string of the molecule is CCC(C)(OC)c1nnnn1C(CC(=O)O)C(C)C. The van der Waals surface area contributed by atoms with Gasteiger partial charge in [-0.1, -0.05) is 20.8 Å². The van der Waals surface area contributed by atoms with Crippen LogP contribution in [0.3, 0.4) is 0 Å². The Balaban J connectivity index is 3.19. The summed E-state index contributed by atoms with van der Waals surface area (Å²) in [7, 11) is 1.60. The van der Waals surface area contributed by atoms with E-state index in [4.69, 9.17) is 9.84 Å². The first kappa shape index (κ1) is 15.6. The molecule has 0 aromatic carbocycles. The van der Waals surface area contributed by atoms with Crippen LogP contribution in [0.15, 0.2) is 0 Å². The summed E-state index contributed by atoms with van der Waals surface area (Å²) in [5, 5.41) is 20.7. The second-order valence-corrected chi connectivity index (χ2v) is 5.14. The van der Waals surface area contributed by atoms with E-state index in [2.05, 4.69) is 15.5 Å². The van der Waals surface area contributed by atoms with Gasteiger partial charge in [-0.05, 0) is 29.7 Å². The number of hydrogen-bond donors (Lipinski definition) is 1. The Hall–Kier alpha value is -1.50. The topological polar surface area (TPSA) is 90.1 Å². The van der Waals surface area contributed by atoms with Crippen molar-refractivity contribution in [2.24, 2.45) is 5.92 Å². The Labute approximate surface area is 112 Å². The molecule has 0 bridgehead atoms. The van der Waals surface area contributed by atoms with Crippen molar-refractivity contribution in [1.29, 1.82) is 0 Å². The van der Waals surface area contributed by atoms with E-state index < -0.39 is 11.6 Å². The highest BCUT2D eigenvalue weighted by Crippen LogP contribution is 2.30. The smallest absolute Gasteiger partial charge is 0.305 e. The van der Waals surface area contributed by atoms with Crippen molar-refractivity contribution in [2.45, 2.75) is 52.2 Å². The minimum Gasteiger partial charge on any atom is -0.481 e. The van der Waals surface area contributed by atoms with Gasteiger partial charge in [0.15, 0.2) is 5.82 Å². The molecule has 0 radical (unpaired) electrons. The lowest BCUT2D eigenvalue weighted by atomic mass is 9.98. The molecule has 0 saturated heterocycles. The summed E-state index contributed by atoms with van der Waals surface area (Å²) in [6.45, 7) is 7.78. The molecule has 0 spiro atoms. The molecule has 19 heavy (non-hydrogen) atoms. The van der Waals surface area contributed by atoms with Crippen LogP contribution < -0.4 is 0 Å². The van der Waals surface area contributed by atoms with Gasteiger partial charge in [0.05, 0.1) is 12.5 Å². The van der Waals surface area contributed by atoms with E-state index in [9.17, 15) is 4.79 Å². The highest BCUT2D eigenvalue weighted by atomic mass is 16.5. The number of carbonyl (C=O) groups is 1. The van der Waals surface area contributed by atoms with Crippen LogP contribution in [0.4, 0.5) is 0 Å². The van der Waals surface area contributed by atoms with Gasteiger partial charge >= 0.3 is 5.97 Å². The molecule has 1 rings (SSSR count). The molecular formula is C12H22N4O3. The van der Waals surface area contributed by atoms with Gasteiger partial charge in [-0.15, -0.1) is 5.10 Å². The van der Waals surface area contributed by atoms with Crippen LogP contribution in [-0.4, -0.2) is 38.4 Å². The molecule has 2 atom stereocenters. The standard InChI is InChI=1S/C12H22N4O3/c1-6-12(4,19-5)11-13-14-15-16(11)9(8(2)3)7-10(17)18/h8-9H,6-7H2,1-5H3,(H,17,18). The quantitative estimate of drug-likeness (QED) is 0.809. The number of ether oxygens (including phenoxy) is 1. The summed E-state index contributed by atoms with van der Waals surface area (Å²) in [4.78, 5) is 11.0. The van der Waals surface area contributed by atoms with Crippen molar-refractivity contribution >= 4 is 5.97 Å². The van der Waals surface area contributed by atoms with E-state index >= 15 is 0 Å². The first-order chi connectivity index (χ1) is 8.85. The van der Waals surface area contributed by atoms with Gasteiger partial charge in [0.2, 0.25) is 0 Å². The average molecular weight is 270 g/mol.